The van der Waals surface area contributed by atoms with Crippen LogP contribution >= 0.6 is 0 Å². The minimum Gasteiger partial charge on any atom is -0.422 e. The van der Waals surface area contributed by atoms with Gasteiger partial charge in [0, 0.05) is 5.39 Å². The first-order chi connectivity index (χ1) is 12.1. The molecule has 0 saturated carbocycles. The van der Waals surface area contributed by atoms with Crippen LogP contribution in [0.1, 0.15) is 31.1 Å². The van der Waals surface area contributed by atoms with Crippen molar-refractivity contribution in [3.8, 4) is 0 Å². The molecule has 7 heteroatoms. The molecule has 0 radical (unpaired) electrons. The van der Waals surface area contributed by atoms with Crippen molar-refractivity contribution >= 4 is 28.8 Å². The van der Waals surface area contributed by atoms with Crippen molar-refractivity contribution in [3.05, 3.63) is 81.7 Å². The lowest BCUT2D eigenvalue weighted by molar-refractivity contribution is -0.0587. The molecule has 2 heterocycles. The summed E-state index contributed by atoms with van der Waals surface area (Å²) in [6.45, 7) is 0. The van der Waals surface area contributed by atoms with Crippen molar-refractivity contribution in [1.82, 2.24) is 5.06 Å². The lowest BCUT2D eigenvalue weighted by atomic mass is 10.1. The molecule has 0 spiro atoms. The lowest BCUT2D eigenvalue weighted by Crippen LogP contribution is -2.34. The highest BCUT2D eigenvalue weighted by Gasteiger charge is 2.39. The van der Waals surface area contributed by atoms with E-state index in [0.29, 0.717) is 16.0 Å². The first kappa shape index (κ1) is 14.8. The van der Waals surface area contributed by atoms with Gasteiger partial charge < -0.3 is 9.25 Å². The highest BCUT2D eigenvalue weighted by molar-refractivity contribution is 6.21. The zero-order valence-electron chi connectivity index (χ0n) is 12.6. The van der Waals surface area contributed by atoms with Crippen LogP contribution in [0.5, 0.6) is 0 Å². The molecule has 122 valence electrons. The number of hydrogen-bond donors (Lipinski definition) is 0. The van der Waals surface area contributed by atoms with Crippen LogP contribution in [-0.2, 0) is 4.84 Å². The number of hydrogen-bond acceptors (Lipinski definition) is 6. The molecule has 1 aromatic heterocycles. The van der Waals surface area contributed by atoms with Crippen LogP contribution in [0.3, 0.4) is 0 Å². The van der Waals surface area contributed by atoms with Crippen molar-refractivity contribution in [2.45, 2.75) is 0 Å². The van der Waals surface area contributed by atoms with Gasteiger partial charge in [0.2, 0.25) is 0 Å². The molecule has 0 bridgehead atoms. The standard InChI is InChI=1S/C18H9NO6/c20-15-11-6-2-3-7-12(11)16(21)19(15)25-18(23)13-9-10-5-1-4-8-14(10)24-17(13)22/h1-9H. The number of carbonyl (C=O) groups excluding carboxylic acids is 3. The van der Waals surface area contributed by atoms with E-state index in [1.165, 1.54) is 18.2 Å². The molecule has 7 nitrogen and oxygen atoms in total. The molecular formula is C18H9NO6. The van der Waals surface area contributed by atoms with E-state index in [9.17, 15) is 19.2 Å². The number of hydroxylamine groups is 2. The van der Waals surface area contributed by atoms with E-state index in [-0.39, 0.29) is 11.1 Å². The minimum atomic E-state index is -1.14. The number of nitrogens with zero attached hydrogens (tertiary/aromatic N) is 1. The smallest absolute Gasteiger partial charge is 0.371 e. The van der Waals surface area contributed by atoms with Gasteiger partial charge in [0.15, 0.2) is 0 Å². The average molecular weight is 335 g/mol. The molecule has 0 N–H and O–H groups in total. The summed E-state index contributed by atoms with van der Waals surface area (Å²) >= 11 is 0. The van der Waals surface area contributed by atoms with E-state index in [1.807, 2.05) is 0 Å². The van der Waals surface area contributed by atoms with E-state index in [2.05, 4.69) is 0 Å². The molecule has 1 aliphatic rings. The Labute approximate surface area is 140 Å². The Hall–Kier alpha value is -3.74. The summed E-state index contributed by atoms with van der Waals surface area (Å²) in [6.07, 6.45) is 0. The third-order valence-electron chi connectivity index (χ3n) is 3.79. The fourth-order valence-electron chi connectivity index (χ4n) is 2.59. The maximum Gasteiger partial charge on any atom is 0.371 e. The minimum absolute atomic E-state index is 0.130. The van der Waals surface area contributed by atoms with Gasteiger partial charge in [-0.3, -0.25) is 9.59 Å². The van der Waals surface area contributed by atoms with Crippen molar-refractivity contribution in [3.63, 3.8) is 0 Å². The van der Waals surface area contributed by atoms with Crippen molar-refractivity contribution in [1.29, 1.82) is 0 Å². The second-order valence-corrected chi connectivity index (χ2v) is 5.31. The lowest BCUT2D eigenvalue weighted by Gasteiger charge is -2.12. The van der Waals surface area contributed by atoms with Crippen molar-refractivity contribution in [2.24, 2.45) is 0 Å². The fraction of sp³-hybridized carbons (Fsp3) is 0. The van der Waals surface area contributed by atoms with Gasteiger partial charge in [-0.25, -0.2) is 9.59 Å². The molecule has 1 aliphatic heterocycles. The van der Waals surface area contributed by atoms with Crippen LogP contribution in [0, 0.1) is 0 Å². The Balaban J connectivity index is 1.68. The number of para-hydroxylation sites is 1. The normalized spacial score (nSPS) is 13.2. The summed E-state index contributed by atoms with van der Waals surface area (Å²) in [5.74, 6) is -2.67. The Kier molecular flexibility index (Phi) is 3.21. The van der Waals surface area contributed by atoms with Crippen LogP contribution in [0.4, 0.5) is 0 Å². The van der Waals surface area contributed by atoms with Gasteiger partial charge in [0.25, 0.3) is 11.8 Å². The maximum absolute atomic E-state index is 12.3. The number of carbonyl (C=O) groups is 3. The van der Waals surface area contributed by atoms with E-state index >= 15 is 0 Å². The summed E-state index contributed by atoms with van der Waals surface area (Å²) in [5.41, 5.74) is -0.753. The molecule has 2 amide bonds. The predicted octanol–water partition coefficient (Wildman–Crippen LogP) is 2.16. The van der Waals surface area contributed by atoms with E-state index in [0.717, 1.165) is 0 Å². The zero-order valence-corrected chi connectivity index (χ0v) is 12.6. The van der Waals surface area contributed by atoms with E-state index < -0.39 is 29.0 Å². The van der Waals surface area contributed by atoms with Gasteiger partial charge >= 0.3 is 11.6 Å². The summed E-state index contributed by atoms with van der Waals surface area (Å²) in [4.78, 5) is 53.5. The van der Waals surface area contributed by atoms with Crippen molar-refractivity contribution in [2.75, 3.05) is 0 Å². The van der Waals surface area contributed by atoms with E-state index in [4.69, 9.17) is 9.25 Å². The molecule has 0 atom stereocenters. The zero-order chi connectivity index (χ0) is 17.6. The Morgan fingerprint density at radius 2 is 1.48 bits per heavy atom. The van der Waals surface area contributed by atoms with Crippen LogP contribution in [-0.4, -0.2) is 22.8 Å². The van der Waals surface area contributed by atoms with Gasteiger partial charge in [-0.2, -0.15) is 0 Å². The Bertz CT molecular complexity index is 1080. The van der Waals surface area contributed by atoms with E-state index in [1.54, 1.807) is 36.4 Å². The molecule has 0 saturated heterocycles. The number of fused-ring (bicyclic) bond motifs is 2. The Morgan fingerprint density at radius 1 is 0.880 bits per heavy atom. The summed E-state index contributed by atoms with van der Waals surface area (Å²) in [7, 11) is 0. The molecule has 3 aromatic rings. The number of benzene rings is 2. The topological polar surface area (TPSA) is 93.9 Å². The van der Waals surface area contributed by atoms with Crippen LogP contribution < -0.4 is 5.63 Å². The third-order valence-corrected chi connectivity index (χ3v) is 3.79. The second kappa shape index (κ2) is 5.41. The van der Waals surface area contributed by atoms with Crippen LogP contribution in [0.15, 0.2) is 63.8 Å². The van der Waals surface area contributed by atoms with Crippen LogP contribution in [0.25, 0.3) is 11.0 Å². The highest BCUT2D eigenvalue weighted by Crippen LogP contribution is 2.23. The third kappa shape index (κ3) is 2.29. The fourth-order valence-corrected chi connectivity index (χ4v) is 2.59. The number of imide groups is 1. The molecule has 0 unspecified atom stereocenters. The maximum atomic E-state index is 12.3. The number of amides is 2. The number of rotatable bonds is 2. The molecule has 2 aromatic carbocycles. The average Bonchev–Trinajstić information content (AvgIpc) is 2.86. The first-order valence-electron chi connectivity index (χ1n) is 7.29. The highest BCUT2D eigenvalue weighted by atomic mass is 16.7. The Morgan fingerprint density at radius 3 is 2.16 bits per heavy atom. The molecule has 25 heavy (non-hydrogen) atoms. The summed E-state index contributed by atoms with van der Waals surface area (Å²) < 4.78 is 5.05. The monoisotopic (exact) mass is 335 g/mol. The second-order valence-electron chi connectivity index (χ2n) is 5.31. The SMILES string of the molecule is O=C(ON1C(=O)c2ccccc2C1=O)c1cc2ccccc2oc1=O. The largest absolute Gasteiger partial charge is 0.422 e. The predicted molar refractivity (Wildman–Crippen MR) is 84.8 cm³/mol. The quantitative estimate of drug-likeness (QED) is 0.526. The first-order valence-corrected chi connectivity index (χ1v) is 7.29. The van der Waals surface area contributed by atoms with Crippen LogP contribution in [0.2, 0.25) is 0 Å². The molecule has 0 aliphatic carbocycles. The van der Waals surface area contributed by atoms with Gasteiger partial charge in [0.05, 0.1) is 11.1 Å². The summed E-state index contributed by atoms with van der Waals surface area (Å²) in [6, 6.07) is 14.0. The van der Waals surface area contributed by atoms with Gasteiger partial charge in [-0.15, -0.1) is 0 Å². The molecular weight excluding hydrogens is 326 g/mol. The molecule has 0 fully saturated rings. The summed E-state index contributed by atoms with van der Waals surface area (Å²) in [5, 5.41) is 0.859. The van der Waals surface area contributed by atoms with Gasteiger partial charge in [0.1, 0.15) is 11.1 Å². The van der Waals surface area contributed by atoms with Gasteiger partial charge in [-0.1, -0.05) is 35.4 Å². The van der Waals surface area contributed by atoms with Gasteiger partial charge in [-0.05, 0) is 24.3 Å². The van der Waals surface area contributed by atoms with Crippen molar-refractivity contribution < 1.29 is 23.6 Å². The molecule has 4 rings (SSSR count).